The van der Waals surface area contributed by atoms with E-state index in [1.165, 1.54) is 24.3 Å². The van der Waals surface area contributed by atoms with Crippen LogP contribution in [-0.2, 0) is 0 Å². The maximum atomic E-state index is 12.0. The van der Waals surface area contributed by atoms with Crippen LogP contribution >= 0.6 is 0 Å². The predicted octanol–water partition coefficient (Wildman–Crippen LogP) is 2.25. The van der Waals surface area contributed by atoms with Crippen LogP contribution in [0.1, 0.15) is 18.0 Å². The first kappa shape index (κ1) is 11.5. The molecule has 0 amide bonds. The number of alkyl halides is 2. The fourth-order valence-electron chi connectivity index (χ4n) is 1.20. The van der Waals surface area contributed by atoms with Crippen molar-refractivity contribution >= 4 is 5.69 Å². The number of nitro groups is 1. The van der Waals surface area contributed by atoms with Gasteiger partial charge in [-0.3, -0.25) is 10.1 Å². The third-order valence-electron chi connectivity index (χ3n) is 1.94. The molecule has 2 N–H and O–H groups in total. The molecule has 0 saturated heterocycles. The smallest absolute Gasteiger partial charge is 0.269 e. The van der Waals surface area contributed by atoms with Crippen molar-refractivity contribution in [1.82, 2.24) is 0 Å². The van der Waals surface area contributed by atoms with Crippen molar-refractivity contribution < 1.29 is 13.7 Å². The Bertz CT molecular complexity index is 358. The summed E-state index contributed by atoms with van der Waals surface area (Å²) in [7, 11) is 0. The second-order valence-electron chi connectivity index (χ2n) is 3.09. The van der Waals surface area contributed by atoms with Crippen molar-refractivity contribution in [1.29, 1.82) is 0 Å². The summed E-state index contributed by atoms with van der Waals surface area (Å²) in [6.07, 6.45) is -3.01. The molecular weight excluding hydrogens is 206 g/mol. The third-order valence-corrected chi connectivity index (χ3v) is 1.94. The van der Waals surface area contributed by atoms with E-state index in [2.05, 4.69) is 0 Å². The minimum absolute atomic E-state index is 0.141. The third kappa shape index (κ3) is 3.25. The van der Waals surface area contributed by atoms with Crippen LogP contribution in [0, 0.1) is 10.1 Å². The van der Waals surface area contributed by atoms with E-state index < -0.39 is 23.8 Å². The summed E-state index contributed by atoms with van der Waals surface area (Å²) in [4.78, 5) is 9.83. The molecule has 0 saturated carbocycles. The van der Waals surface area contributed by atoms with Gasteiger partial charge in [0.15, 0.2) is 0 Å². The van der Waals surface area contributed by atoms with Crippen LogP contribution < -0.4 is 5.73 Å². The highest BCUT2D eigenvalue weighted by molar-refractivity contribution is 5.35. The molecule has 4 nitrogen and oxygen atoms in total. The van der Waals surface area contributed by atoms with Crippen molar-refractivity contribution in [2.45, 2.75) is 18.9 Å². The van der Waals surface area contributed by atoms with Crippen LogP contribution in [0.5, 0.6) is 0 Å². The van der Waals surface area contributed by atoms with E-state index in [0.29, 0.717) is 5.56 Å². The molecule has 1 rings (SSSR count). The zero-order valence-electron chi connectivity index (χ0n) is 7.77. The molecule has 0 unspecified atom stereocenters. The van der Waals surface area contributed by atoms with E-state index in [4.69, 9.17) is 5.73 Å². The van der Waals surface area contributed by atoms with Gasteiger partial charge in [-0.1, -0.05) is 12.1 Å². The molecule has 6 heteroatoms. The number of nitrogens with two attached hydrogens (primary N) is 1. The highest BCUT2D eigenvalue weighted by Crippen LogP contribution is 2.21. The first-order valence-corrected chi connectivity index (χ1v) is 4.29. The fraction of sp³-hybridized carbons (Fsp3) is 0.333. The van der Waals surface area contributed by atoms with Gasteiger partial charge in [-0.15, -0.1) is 0 Å². The van der Waals surface area contributed by atoms with Crippen molar-refractivity contribution in [3.05, 3.63) is 39.9 Å². The van der Waals surface area contributed by atoms with Gasteiger partial charge in [0.25, 0.3) is 5.69 Å². The van der Waals surface area contributed by atoms with E-state index in [1.54, 1.807) is 0 Å². The molecule has 0 radical (unpaired) electrons. The molecule has 1 aromatic rings. The Kier molecular flexibility index (Phi) is 3.68. The predicted molar refractivity (Wildman–Crippen MR) is 50.6 cm³/mol. The zero-order valence-corrected chi connectivity index (χ0v) is 7.77. The summed E-state index contributed by atoms with van der Waals surface area (Å²) in [6, 6.07) is 4.56. The molecule has 1 atom stereocenters. The monoisotopic (exact) mass is 216 g/mol. The molecule has 0 aliphatic rings. The molecular formula is C9H10F2N2O2. The zero-order chi connectivity index (χ0) is 11.4. The summed E-state index contributed by atoms with van der Waals surface area (Å²) in [5.74, 6) is 0. The van der Waals surface area contributed by atoms with Crippen molar-refractivity contribution in [3.8, 4) is 0 Å². The normalized spacial score (nSPS) is 12.8. The molecule has 82 valence electrons. The second-order valence-corrected chi connectivity index (χ2v) is 3.09. The Morgan fingerprint density at radius 1 is 1.47 bits per heavy atom. The summed E-state index contributed by atoms with van der Waals surface area (Å²) >= 11 is 0. The number of benzene rings is 1. The van der Waals surface area contributed by atoms with Gasteiger partial charge in [0.1, 0.15) is 0 Å². The van der Waals surface area contributed by atoms with Gasteiger partial charge in [-0.05, 0) is 5.56 Å². The first-order valence-electron chi connectivity index (χ1n) is 4.29. The number of non-ortho nitro benzene ring substituents is 1. The number of nitrogens with zero attached hydrogens (tertiary/aromatic N) is 1. The van der Waals surface area contributed by atoms with Crippen molar-refractivity contribution in [3.63, 3.8) is 0 Å². The lowest BCUT2D eigenvalue weighted by Gasteiger charge is -2.10. The van der Waals surface area contributed by atoms with Gasteiger partial charge >= 0.3 is 0 Å². The summed E-state index contributed by atoms with van der Waals surface area (Å²) < 4.78 is 24.0. The lowest BCUT2D eigenvalue weighted by atomic mass is 10.0. The average Bonchev–Trinajstić information content (AvgIpc) is 2.17. The van der Waals surface area contributed by atoms with Gasteiger partial charge in [-0.25, -0.2) is 8.78 Å². The quantitative estimate of drug-likeness (QED) is 0.619. The molecule has 0 fully saturated rings. The van der Waals surface area contributed by atoms with E-state index in [0.717, 1.165) is 0 Å². The van der Waals surface area contributed by atoms with Crippen LogP contribution in [-0.4, -0.2) is 11.3 Å². The maximum absolute atomic E-state index is 12.0. The number of rotatable bonds is 4. The lowest BCUT2D eigenvalue weighted by molar-refractivity contribution is -0.384. The molecule has 1 aromatic carbocycles. The Labute approximate surface area is 84.9 Å². The van der Waals surface area contributed by atoms with E-state index in [-0.39, 0.29) is 5.69 Å². The minimum Gasteiger partial charge on any atom is -0.324 e. The first-order chi connectivity index (χ1) is 7.00. The largest absolute Gasteiger partial charge is 0.324 e. The second kappa shape index (κ2) is 4.79. The Morgan fingerprint density at radius 3 is 2.67 bits per heavy atom. The van der Waals surface area contributed by atoms with Gasteiger partial charge in [-0.2, -0.15) is 0 Å². The Hall–Kier alpha value is -1.56. The fourth-order valence-corrected chi connectivity index (χ4v) is 1.20. The molecule has 0 aromatic heterocycles. The van der Waals surface area contributed by atoms with Crippen molar-refractivity contribution in [2.75, 3.05) is 0 Å². The molecule has 0 aliphatic carbocycles. The van der Waals surface area contributed by atoms with Crippen LogP contribution in [0.3, 0.4) is 0 Å². The minimum atomic E-state index is -2.51. The van der Waals surface area contributed by atoms with E-state index in [1.807, 2.05) is 0 Å². The Balaban J connectivity index is 2.85. The molecule has 15 heavy (non-hydrogen) atoms. The van der Waals surface area contributed by atoms with Gasteiger partial charge < -0.3 is 5.73 Å². The molecule has 0 aliphatic heterocycles. The van der Waals surface area contributed by atoms with Gasteiger partial charge in [0.05, 0.1) is 4.92 Å². The molecule has 0 bridgehead atoms. The number of hydrogen-bond donors (Lipinski definition) is 1. The lowest BCUT2D eigenvalue weighted by Crippen LogP contribution is -2.14. The van der Waals surface area contributed by atoms with Crippen LogP contribution in [0.15, 0.2) is 24.3 Å². The Morgan fingerprint density at radius 2 is 2.13 bits per heavy atom. The molecule has 0 spiro atoms. The number of hydrogen-bond acceptors (Lipinski definition) is 3. The average molecular weight is 216 g/mol. The van der Waals surface area contributed by atoms with E-state index in [9.17, 15) is 18.9 Å². The number of nitro benzene ring substituents is 1. The molecule has 0 heterocycles. The van der Waals surface area contributed by atoms with Crippen LogP contribution in [0.4, 0.5) is 14.5 Å². The topological polar surface area (TPSA) is 69.2 Å². The highest BCUT2D eigenvalue weighted by atomic mass is 19.3. The van der Waals surface area contributed by atoms with Gasteiger partial charge in [0, 0.05) is 24.6 Å². The number of halogens is 2. The summed E-state index contributed by atoms with van der Waals surface area (Å²) in [5, 5.41) is 10.4. The summed E-state index contributed by atoms with van der Waals surface area (Å²) in [5.41, 5.74) is 5.67. The standard InChI is InChI=1S/C9H10F2N2O2/c10-9(11)5-8(12)6-2-1-3-7(4-6)13(14)15/h1-4,8-9H,5,12H2/t8-/m1/s1. The maximum Gasteiger partial charge on any atom is 0.269 e. The van der Waals surface area contributed by atoms with Gasteiger partial charge in [0.2, 0.25) is 6.43 Å². The van der Waals surface area contributed by atoms with E-state index >= 15 is 0 Å². The highest BCUT2D eigenvalue weighted by Gasteiger charge is 2.15. The SMILES string of the molecule is N[C@H](CC(F)F)c1cccc([N+](=O)[O-])c1. The van der Waals surface area contributed by atoms with Crippen LogP contribution in [0.2, 0.25) is 0 Å². The van der Waals surface area contributed by atoms with Crippen molar-refractivity contribution in [2.24, 2.45) is 5.73 Å². The summed E-state index contributed by atoms with van der Waals surface area (Å²) in [6.45, 7) is 0. The van der Waals surface area contributed by atoms with Crippen LogP contribution in [0.25, 0.3) is 0 Å².